The van der Waals surface area contributed by atoms with Crippen molar-refractivity contribution >= 4 is 5.78 Å². The smallest absolute Gasteiger partial charge is 0.166 e. The summed E-state index contributed by atoms with van der Waals surface area (Å²) in [5, 5.41) is 0. The van der Waals surface area contributed by atoms with Crippen LogP contribution in [0.15, 0.2) is 42.5 Å². The summed E-state index contributed by atoms with van der Waals surface area (Å²) in [6, 6.07) is 12.2. The topological polar surface area (TPSA) is 38.8 Å². The number of ether oxygens (including phenoxy) is 2. The lowest BCUT2D eigenvalue weighted by Crippen LogP contribution is -2.58. The number of rotatable bonds is 8. The van der Waals surface area contributed by atoms with E-state index in [1.807, 2.05) is 84.0 Å². The minimum Gasteiger partial charge on any atom is -0.487 e. The summed E-state index contributed by atoms with van der Waals surface area (Å²) < 4.78 is 40.5. The van der Waals surface area contributed by atoms with Gasteiger partial charge in [-0.3, -0.25) is 9.69 Å². The van der Waals surface area contributed by atoms with Gasteiger partial charge in [-0.05, 0) is 101 Å². The number of carbonyl (C=O) groups is 1. The molecule has 1 heterocycles. The third-order valence-corrected chi connectivity index (χ3v) is 9.29. The Balaban J connectivity index is 1.70. The largest absolute Gasteiger partial charge is 0.487 e. The molecule has 4 nitrogen and oxygen atoms in total. The predicted octanol–water partition coefficient (Wildman–Crippen LogP) is 8.46. The van der Waals surface area contributed by atoms with E-state index in [0.717, 1.165) is 11.1 Å². The average Bonchev–Trinajstić information content (AvgIpc) is 3.06. The van der Waals surface area contributed by atoms with Crippen molar-refractivity contribution in [3.63, 3.8) is 0 Å². The quantitative estimate of drug-likeness (QED) is 0.349. The zero-order valence-electron chi connectivity index (χ0n) is 28.0. The molecule has 0 spiro atoms. The number of carbonyl (C=O) groups excluding carboxylic acids is 1. The maximum absolute atomic E-state index is 14.0. The molecule has 38 heavy (non-hydrogen) atoms. The van der Waals surface area contributed by atoms with Gasteiger partial charge in [-0.25, -0.2) is 0 Å². The van der Waals surface area contributed by atoms with Crippen LogP contribution in [0.25, 0.3) is 0 Å². The first-order valence-corrected chi connectivity index (χ1v) is 14.2. The van der Waals surface area contributed by atoms with E-state index in [1.54, 1.807) is 4.90 Å². The van der Waals surface area contributed by atoms with E-state index in [2.05, 4.69) is 27.7 Å². The standard InChI is InChI=1S/C34H49NO3/c1-21(2)37-30-18-27-23(5)29(32(36)28(27)19-31(30)38-22(3)4)20-34(10)16-17-35(25(7)33(34,8)9)24(6)26-14-12-11-13-15-26/h11-15,18-19,21-25,29H,16-17,20H2,1-10H3/i17D2,25D. The zero-order valence-corrected chi connectivity index (χ0v) is 25.0. The number of hydrogen-bond acceptors (Lipinski definition) is 4. The third-order valence-electron chi connectivity index (χ3n) is 9.29. The molecular weight excluding hydrogens is 470 g/mol. The van der Waals surface area contributed by atoms with Gasteiger partial charge in [0.25, 0.3) is 0 Å². The van der Waals surface area contributed by atoms with Gasteiger partial charge in [0.1, 0.15) is 0 Å². The minimum absolute atomic E-state index is 0.0362. The second-order valence-electron chi connectivity index (χ2n) is 12.7. The van der Waals surface area contributed by atoms with Gasteiger partial charge in [-0.2, -0.15) is 0 Å². The first-order valence-electron chi connectivity index (χ1n) is 15.7. The highest BCUT2D eigenvalue weighted by atomic mass is 16.5. The Morgan fingerprint density at radius 1 is 1.00 bits per heavy atom. The molecule has 2 aromatic carbocycles. The van der Waals surface area contributed by atoms with Crippen molar-refractivity contribution in [3.05, 3.63) is 59.2 Å². The monoisotopic (exact) mass is 522 g/mol. The number of Topliss-reactive ketones (excluding diaryl/α,β-unsaturated/α-hetero) is 1. The summed E-state index contributed by atoms with van der Waals surface area (Å²) in [4.78, 5) is 15.8. The van der Waals surface area contributed by atoms with Crippen LogP contribution in [-0.2, 0) is 0 Å². The van der Waals surface area contributed by atoms with Gasteiger partial charge in [0.2, 0.25) is 0 Å². The van der Waals surface area contributed by atoms with Crippen LogP contribution >= 0.6 is 0 Å². The average molecular weight is 523 g/mol. The van der Waals surface area contributed by atoms with Crippen LogP contribution in [0.3, 0.4) is 0 Å². The van der Waals surface area contributed by atoms with Crippen molar-refractivity contribution in [2.75, 3.05) is 6.50 Å². The number of benzene rings is 2. The molecule has 0 saturated carbocycles. The minimum atomic E-state index is -1.75. The van der Waals surface area contributed by atoms with Crippen molar-refractivity contribution < 1.29 is 18.4 Å². The SMILES string of the molecule is [2H]C1([2H])CC(C)(CC2C(=O)c3cc(OC(C)C)c(OC(C)C)cc3C2C)C(C)(C)C([2H])(C)N1C(C)c1ccccc1. The first kappa shape index (κ1) is 24.7. The Bertz CT molecular complexity index is 1270. The lowest BCUT2D eigenvalue weighted by molar-refractivity contribution is -0.0884. The van der Waals surface area contributed by atoms with Crippen LogP contribution in [0.4, 0.5) is 0 Å². The lowest BCUT2D eigenvalue weighted by atomic mass is 9.55. The first-order chi connectivity index (χ1) is 18.8. The molecule has 0 amide bonds. The number of nitrogens with zero attached hydrogens (tertiary/aromatic N) is 1. The van der Waals surface area contributed by atoms with Gasteiger partial charge in [-0.1, -0.05) is 58.0 Å². The van der Waals surface area contributed by atoms with E-state index in [9.17, 15) is 8.91 Å². The summed E-state index contributed by atoms with van der Waals surface area (Å²) >= 11 is 0. The van der Waals surface area contributed by atoms with E-state index in [4.69, 9.17) is 9.47 Å². The molecule has 0 aromatic heterocycles. The van der Waals surface area contributed by atoms with Gasteiger partial charge in [0, 0.05) is 27.7 Å². The Hall–Kier alpha value is -2.33. The van der Waals surface area contributed by atoms with Gasteiger partial charge >= 0.3 is 0 Å². The summed E-state index contributed by atoms with van der Waals surface area (Å²) in [7, 11) is 0. The molecule has 5 atom stereocenters. The predicted molar refractivity (Wildman–Crippen MR) is 156 cm³/mol. The van der Waals surface area contributed by atoms with E-state index in [0.29, 0.717) is 23.5 Å². The molecule has 0 N–H and O–H groups in total. The molecule has 2 aromatic rings. The third kappa shape index (κ3) is 5.13. The van der Waals surface area contributed by atoms with Crippen molar-refractivity contribution in [3.8, 4) is 11.5 Å². The second-order valence-corrected chi connectivity index (χ2v) is 12.7. The second kappa shape index (κ2) is 10.7. The number of hydrogen-bond donors (Lipinski definition) is 0. The number of ketones is 1. The molecule has 0 bridgehead atoms. The highest BCUT2D eigenvalue weighted by Gasteiger charge is 2.53. The van der Waals surface area contributed by atoms with Gasteiger partial charge in [-0.15, -0.1) is 0 Å². The van der Waals surface area contributed by atoms with E-state index >= 15 is 0 Å². The highest BCUT2D eigenvalue weighted by molar-refractivity contribution is 6.03. The van der Waals surface area contributed by atoms with E-state index in [-0.39, 0.29) is 42.3 Å². The molecule has 4 heteroatoms. The van der Waals surface area contributed by atoms with Crippen LogP contribution in [-0.4, -0.2) is 35.4 Å². The van der Waals surface area contributed by atoms with Gasteiger partial charge in [0.05, 0.1) is 12.2 Å². The lowest BCUT2D eigenvalue weighted by Gasteiger charge is -2.58. The van der Waals surface area contributed by atoms with Crippen LogP contribution in [0.1, 0.15) is 120 Å². The van der Waals surface area contributed by atoms with E-state index in [1.165, 1.54) is 0 Å². The van der Waals surface area contributed by atoms with Crippen LogP contribution in [0.5, 0.6) is 11.5 Å². The van der Waals surface area contributed by atoms with Crippen molar-refractivity contribution in [2.45, 2.75) is 112 Å². The Labute approximate surface area is 235 Å². The van der Waals surface area contributed by atoms with Crippen LogP contribution in [0, 0.1) is 16.7 Å². The molecule has 0 radical (unpaired) electrons. The fourth-order valence-electron chi connectivity index (χ4n) is 6.23. The molecule has 208 valence electrons. The van der Waals surface area contributed by atoms with Gasteiger partial charge in [0.15, 0.2) is 17.3 Å². The van der Waals surface area contributed by atoms with Crippen molar-refractivity contribution in [1.29, 1.82) is 0 Å². The Kier molecular flexibility index (Phi) is 6.94. The molecule has 4 rings (SSSR count). The normalized spacial score (nSPS) is 32.4. The molecule has 5 unspecified atom stereocenters. The summed E-state index contributed by atoms with van der Waals surface area (Å²) in [5.74, 6) is 0.926. The molecule has 2 aliphatic rings. The number of fused-ring (bicyclic) bond motifs is 1. The van der Waals surface area contributed by atoms with Crippen LogP contribution < -0.4 is 9.47 Å². The van der Waals surface area contributed by atoms with E-state index < -0.39 is 23.3 Å². The molecule has 1 aliphatic carbocycles. The Morgan fingerprint density at radius 3 is 2.16 bits per heavy atom. The molecule has 1 saturated heterocycles. The summed E-state index contributed by atoms with van der Waals surface area (Å²) in [6.45, 7) is 18.3. The van der Waals surface area contributed by atoms with Gasteiger partial charge < -0.3 is 9.47 Å². The maximum Gasteiger partial charge on any atom is 0.166 e. The molecular formula is C34H49NO3. The van der Waals surface area contributed by atoms with Crippen LogP contribution in [0.2, 0.25) is 0 Å². The summed E-state index contributed by atoms with van der Waals surface area (Å²) in [6.07, 6.45) is 0.629. The van der Waals surface area contributed by atoms with Crippen molar-refractivity contribution in [1.82, 2.24) is 4.90 Å². The zero-order chi connectivity index (χ0) is 30.7. The summed E-state index contributed by atoms with van der Waals surface area (Å²) in [5.41, 5.74) is 1.36. The maximum atomic E-state index is 14.0. The van der Waals surface area contributed by atoms with Crippen molar-refractivity contribution in [2.24, 2.45) is 16.7 Å². The fourth-order valence-corrected chi connectivity index (χ4v) is 6.23. The number of likely N-dealkylation sites (tertiary alicyclic amines) is 1. The molecule has 1 fully saturated rings. The number of piperidine rings is 1. The fraction of sp³-hybridized carbons (Fsp3) is 0.618. The Morgan fingerprint density at radius 2 is 1.58 bits per heavy atom. The highest BCUT2D eigenvalue weighted by Crippen LogP contribution is 2.57. The molecule has 1 aliphatic heterocycles.